The van der Waals surface area contributed by atoms with Crippen molar-refractivity contribution in [1.82, 2.24) is 4.90 Å². The fourth-order valence-electron chi connectivity index (χ4n) is 4.07. The van der Waals surface area contributed by atoms with E-state index in [9.17, 15) is 0 Å². The van der Waals surface area contributed by atoms with Gasteiger partial charge in [-0.3, -0.25) is 0 Å². The number of rotatable bonds is 4. The van der Waals surface area contributed by atoms with Crippen LogP contribution in [-0.4, -0.2) is 18.5 Å². The van der Waals surface area contributed by atoms with Crippen LogP contribution >= 0.6 is 15.9 Å². The Balaban J connectivity index is 1.59. The molecular weight excluding hydrogens is 300 g/mol. The van der Waals surface area contributed by atoms with Crippen LogP contribution in [0.25, 0.3) is 0 Å². The maximum atomic E-state index is 5.88. The van der Waals surface area contributed by atoms with Gasteiger partial charge < -0.3 is 10.6 Å². The molecule has 2 bridgehead atoms. The molecule has 19 heavy (non-hydrogen) atoms. The summed E-state index contributed by atoms with van der Waals surface area (Å²) < 4.78 is 1.17. The number of hydrogen-bond acceptors (Lipinski definition) is 2. The highest BCUT2D eigenvalue weighted by molar-refractivity contribution is 9.10. The van der Waals surface area contributed by atoms with Gasteiger partial charge in [-0.1, -0.05) is 22.4 Å². The standard InChI is InChI=1S/C16H23BrN2/c1-19(9-13-7-11-2-3-12(13)6-11)10-14-8-15(18)4-5-16(14)17/h4-5,8,11-13H,2-3,6-7,9-10,18H2,1H3. The number of benzene rings is 1. The quantitative estimate of drug-likeness (QED) is 0.852. The van der Waals surface area contributed by atoms with Crippen LogP contribution in [0.5, 0.6) is 0 Å². The third-order valence-electron chi connectivity index (χ3n) is 4.94. The second kappa shape index (κ2) is 5.45. The Morgan fingerprint density at radius 2 is 2.16 bits per heavy atom. The van der Waals surface area contributed by atoms with E-state index in [0.717, 1.165) is 30.0 Å². The molecule has 3 rings (SSSR count). The summed E-state index contributed by atoms with van der Waals surface area (Å²) in [4.78, 5) is 2.46. The van der Waals surface area contributed by atoms with Crippen molar-refractivity contribution in [3.05, 3.63) is 28.2 Å². The van der Waals surface area contributed by atoms with E-state index >= 15 is 0 Å². The molecule has 1 aromatic carbocycles. The van der Waals surface area contributed by atoms with Crippen molar-refractivity contribution in [1.29, 1.82) is 0 Å². The van der Waals surface area contributed by atoms with Crippen molar-refractivity contribution in [3.8, 4) is 0 Å². The average molecular weight is 323 g/mol. The molecule has 2 nitrogen and oxygen atoms in total. The third kappa shape index (κ3) is 2.97. The molecule has 2 aliphatic rings. The first-order chi connectivity index (χ1) is 9.11. The first-order valence-electron chi connectivity index (χ1n) is 7.34. The van der Waals surface area contributed by atoms with Gasteiger partial charge in [0, 0.05) is 23.2 Å². The molecule has 2 fully saturated rings. The van der Waals surface area contributed by atoms with Crippen LogP contribution in [0, 0.1) is 17.8 Å². The van der Waals surface area contributed by atoms with Gasteiger partial charge in [0.05, 0.1) is 0 Å². The van der Waals surface area contributed by atoms with Crippen LogP contribution in [0.3, 0.4) is 0 Å². The molecule has 104 valence electrons. The van der Waals surface area contributed by atoms with E-state index in [-0.39, 0.29) is 0 Å². The second-order valence-corrected chi connectivity index (χ2v) is 7.34. The Morgan fingerprint density at radius 3 is 2.84 bits per heavy atom. The minimum absolute atomic E-state index is 0.853. The Hall–Kier alpha value is -0.540. The van der Waals surface area contributed by atoms with E-state index in [4.69, 9.17) is 5.73 Å². The van der Waals surface area contributed by atoms with E-state index in [0.29, 0.717) is 0 Å². The number of anilines is 1. The van der Waals surface area contributed by atoms with Crippen LogP contribution in [0.2, 0.25) is 0 Å². The summed E-state index contributed by atoms with van der Waals surface area (Å²) >= 11 is 3.62. The summed E-state index contributed by atoms with van der Waals surface area (Å²) in [7, 11) is 2.24. The molecule has 1 aromatic rings. The first-order valence-corrected chi connectivity index (χ1v) is 8.13. The van der Waals surface area contributed by atoms with E-state index in [1.165, 1.54) is 42.3 Å². The highest BCUT2D eigenvalue weighted by atomic mass is 79.9. The van der Waals surface area contributed by atoms with Gasteiger partial charge in [-0.05, 0) is 67.8 Å². The molecular formula is C16H23BrN2. The van der Waals surface area contributed by atoms with Crippen molar-refractivity contribution in [2.45, 2.75) is 32.2 Å². The molecule has 2 saturated carbocycles. The smallest absolute Gasteiger partial charge is 0.0318 e. The lowest BCUT2D eigenvalue weighted by Gasteiger charge is -2.27. The largest absolute Gasteiger partial charge is 0.399 e. The van der Waals surface area contributed by atoms with E-state index < -0.39 is 0 Å². The minimum atomic E-state index is 0.853. The number of fused-ring (bicyclic) bond motifs is 2. The van der Waals surface area contributed by atoms with Gasteiger partial charge in [0.15, 0.2) is 0 Å². The summed E-state index contributed by atoms with van der Waals surface area (Å²) in [6, 6.07) is 6.08. The Labute approximate surface area is 124 Å². The Bertz CT molecular complexity index is 460. The van der Waals surface area contributed by atoms with Crippen molar-refractivity contribution >= 4 is 21.6 Å². The zero-order valence-electron chi connectivity index (χ0n) is 11.6. The summed E-state index contributed by atoms with van der Waals surface area (Å²) in [5.41, 5.74) is 8.03. The fourth-order valence-corrected chi connectivity index (χ4v) is 4.44. The van der Waals surface area contributed by atoms with Gasteiger partial charge in [-0.2, -0.15) is 0 Å². The van der Waals surface area contributed by atoms with Gasteiger partial charge >= 0.3 is 0 Å². The number of halogens is 1. The number of nitrogens with zero attached hydrogens (tertiary/aromatic N) is 1. The molecule has 3 heteroatoms. The SMILES string of the molecule is CN(Cc1cc(N)ccc1Br)CC1CC2CCC1C2. The van der Waals surface area contributed by atoms with Crippen molar-refractivity contribution < 1.29 is 0 Å². The maximum absolute atomic E-state index is 5.88. The predicted octanol–water partition coefficient (Wildman–Crippen LogP) is 3.90. The van der Waals surface area contributed by atoms with Crippen LogP contribution in [0.15, 0.2) is 22.7 Å². The van der Waals surface area contributed by atoms with E-state index in [1.807, 2.05) is 6.07 Å². The molecule has 2 aliphatic carbocycles. The molecule has 0 radical (unpaired) electrons. The molecule has 0 heterocycles. The summed E-state index contributed by atoms with van der Waals surface area (Å²) in [5, 5.41) is 0. The molecule has 3 atom stereocenters. The van der Waals surface area contributed by atoms with E-state index in [2.05, 4.69) is 40.0 Å². The van der Waals surface area contributed by atoms with Crippen LogP contribution in [-0.2, 0) is 6.54 Å². The fraction of sp³-hybridized carbons (Fsp3) is 0.625. The highest BCUT2D eigenvalue weighted by Crippen LogP contribution is 2.48. The predicted molar refractivity (Wildman–Crippen MR) is 83.8 cm³/mol. The van der Waals surface area contributed by atoms with Gasteiger partial charge in [-0.15, -0.1) is 0 Å². The Kier molecular flexibility index (Phi) is 3.86. The molecule has 0 aliphatic heterocycles. The van der Waals surface area contributed by atoms with Crippen LogP contribution in [0.1, 0.15) is 31.2 Å². The normalized spacial score (nSPS) is 29.3. The lowest BCUT2D eigenvalue weighted by Crippen LogP contribution is -2.28. The highest BCUT2D eigenvalue weighted by Gasteiger charge is 2.39. The van der Waals surface area contributed by atoms with Gasteiger partial charge in [0.2, 0.25) is 0 Å². The summed E-state index contributed by atoms with van der Waals surface area (Å²) in [6.07, 6.45) is 5.93. The summed E-state index contributed by atoms with van der Waals surface area (Å²) in [5.74, 6) is 2.99. The van der Waals surface area contributed by atoms with Crippen molar-refractivity contribution in [3.63, 3.8) is 0 Å². The molecule has 0 amide bonds. The monoisotopic (exact) mass is 322 g/mol. The van der Waals surface area contributed by atoms with Crippen LogP contribution in [0.4, 0.5) is 5.69 Å². The molecule has 0 saturated heterocycles. The Morgan fingerprint density at radius 1 is 1.32 bits per heavy atom. The first kappa shape index (κ1) is 13.4. The summed E-state index contributed by atoms with van der Waals surface area (Å²) in [6.45, 7) is 2.22. The van der Waals surface area contributed by atoms with Crippen molar-refractivity contribution in [2.75, 3.05) is 19.3 Å². The van der Waals surface area contributed by atoms with Gasteiger partial charge in [0.1, 0.15) is 0 Å². The number of hydrogen-bond donors (Lipinski definition) is 1. The average Bonchev–Trinajstić information content (AvgIpc) is 2.96. The topological polar surface area (TPSA) is 29.3 Å². The molecule has 0 aromatic heterocycles. The number of nitrogen functional groups attached to an aromatic ring is 1. The second-order valence-electron chi connectivity index (χ2n) is 6.48. The maximum Gasteiger partial charge on any atom is 0.0318 e. The minimum Gasteiger partial charge on any atom is -0.399 e. The third-order valence-corrected chi connectivity index (χ3v) is 5.71. The molecule has 3 unspecified atom stereocenters. The van der Waals surface area contributed by atoms with Gasteiger partial charge in [-0.25, -0.2) is 0 Å². The number of nitrogens with two attached hydrogens (primary N) is 1. The molecule has 2 N–H and O–H groups in total. The molecule has 0 spiro atoms. The zero-order chi connectivity index (χ0) is 13.4. The lowest BCUT2D eigenvalue weighted by molar-refractivity contribution is 0.214. The lowest BCUT2D eigenvalue weighted by atomic mass is 9.88. The van der Waals surface area contributed by atoms with Crippen molar-refractivity contribution in [2.24, 2.45) is 17.8 Å². The van der Waals surface area contributed by atoms with Gasteiger partial charge in [0.25, 0.3) is 0 Å². The van der Waals surface area contributed by atoms with Crippen LogP contribution < -0.4 is 5.73 Å². The zero-order valence-corrected chi connectivity index (χ0v) is 13.2. The van der Waals surface area contributed by atoms with E-state index in [1.54, 1.807) is 0 Å².